The van der Waals surface area contributed by atoms with E-state index in [4.69, 9.17) is 0 Å². The summed E-state index contributed by atoms with van der Waals surface area (Å²) in [5.74, 6) is 0. The van der Waals surface area contributed by atoms with Gasteiger partial charge in [-0.25, -0.2) is 0 Å². The van der Waals surface area contributed by atoms with Gasteiger partial charge in [-0.1, -0.05) is 79.4 Å². The first-order chi connectivity index (χ1) is 12.7. The lowest BCUT2D eigenvalue weighted by atomic mass is 9.74. The maximum Gasteiger partial charge on any atom is 0.489 e. The van der Waals surface area contributed by atoms with Gasteiger partial charge in [0.15, 0.2) is 0 Å². The van der Waals surface area contributed by atoms with Gasteiger partial charge in [-0.2, -0.15) is 0 Å². The van der Waals surface area contributed by atoms with Crippen LogP contribution in [0.1, 0.15) is 18.1 Å². The van der Waals surface area contributed by atoms with Crippen molar-refractivity contribution in [2.75, 3.05) is 0 Å². The molecule has 2 N–H and O–H groups in total. The molecule has 0 aliphatic heterocycles. The van der Waals surface area contributed by atoms with Crippen LogP contribution in [0.5, 0.6) is 0 Å². The van der Waals surface area contributed by atoms with E-state index in [1.54, 1.807) is 0 Å². The maximum atomic E-state index is 9.95. The van der Waals surface area contributed by atoms with Crippen LogP contribution in [-0.4, -0.2) is 17.2 Å². The molecule has 0 radical (unpaired) electrons. The van der Waals surface area contributed by atoms with Crippen molar-refractivity contribution in [1.29, 1.82) is 0 Å². The molecule has 2 nitrogen and oxygen atoms in total. The molecule has 3 heteroatoms. The number of hydrogen-bond acceptors (Lipinski definition) is 2. The highest BCUT2D eigenvalue weighted by atomic mass is 16.4. The first-order valence-electron chi connectivity index (χ1n) is 8.68. The SMILES string of the molecule is C=Cc1c(/C=C\C)c2ccccc2c2c1cc(B(O)O)c1ccccc12. The van der Waals surface area contributed by atoms with Crippen molar-refractivity contribution in [3.05, 3.63) is 78.4 Å². The van der Waals surface area contributed by atoms with E-state index in [0.29, 0.717) is 5.46 Å². The summed E-state index contributed by atoms with van der Waals surface area (Å²) < 4.78 is 0. The molecule has 0 aromatic heterocycles. The molecule has 0 heterocycles. The Morgan fingerprint density at radius 3 is 1.96 bits per heavy atom. The van der Waals surface area contributed by atoms with Gasteiger partial charge in [0.2, 0.25) is 0 Å². The van der Waals surface area contributed by atoms with E-state index in [-0.39, 0.29) is 0 Å². The molecular formula is C23H19BO2. The predicted molar refractivity (Wildman–Crippen MR) is 114 cm³/mol. The van der Waals surface area contributed by atoms with Crippen molar-refractivity contribution in [2.24, 2.45) is 0 Å². The largest absolute Gasteiger partial charge is 0.489 e. The third-order valence-electron chi connectivity index (χ3n) is 4.96. The average molecular weight is 338 g/mol. The van der Waals surface area contributed by atoms with E-state index in [0.717, 1.165) is 43.4 Å². The molecular weight excluding hydrogens is 319 g/mol. The normalized spacial score (nSPS) is 11.7. The van der Waals surface area contributed by atoms with Crippen molar-refractivity contribution in [1.82, 2.24) is 0 Å². The summed E-state index contributed by atoms with van der Waals surface area (Å²) in [6.45, 7) is 6.02. The number of benzene rings is 4. The van der Waals surface area contributed by atoms with E-state index < -0.39 is 7.12 Å². The molecule has 0 fully saturated rings. The Labute approximate surface area is 152 Å². The fraction of sp³-hybridized carbons (Fsp3) is 0.0435. The second kappa shape index (κ2) is 6.45. The van der Waals surface area contributed by atoms with Crippen molar-refractivity contribution in [3.8, 4) is 0 Å². The van der Waals surface area contributed by atoms with Gasteiger partial charge in [0.1, 0.15) is 0 Å². The van der Waals surface area contributed by atoms with Gasteiger partial charge in [-0.15, -0.1) is 0 Å². The highest BCUT2D eigenvalue weighted by Gasteiger charge is 2.20. The summed E-state index contributed by atoms with van der Waals surface area (Å²) in [5.41, 5.74) is 2.61. The van der Waals surface area contributed by atoms with Crippen LogP contribution in [0.4, 0.5) is 0 Å². The summed E-state index contributed by atoms with van der Waals surface area (Å²) in [7, 11) is -1.53. The Kier molecular flexibility index (Phi) is 4.11. The molecule has 0 spiro atoms. The second-order valence-corrected chi connectivity index (χ2v) is 6.38. The first kappa shape index (κ1) is 16.6. The van der Waals surface area contributed by atoms with Crippen LogP contribution in [0, 0.1) is 0 Å². The third-order valence-corrected chi connectivity index (χ3v) is 4.96. The predicted octanol–water partition coefficient (Wildman–Crippen LogP) is 4.50. The molecule has 0 atom stereocenters. The van der Waals surface area contributed by atoms with Crippen LogP contribution >= 0.6 is 0 Å². The zero-order chi connectivity index (χ0) is 18.3. The van der Waals surface area contributed by atoms with Gasteiger partial charge in [-0.05, 0) is 55.8 Å². The lowest BCUT2D eigenvalue weighted by molar-refractivity contribution is 0.426. The molecule has 126 valence electrons. The van der Waals surface area contributed by atoms with E-state index in [1.165, 1.54) is 0 Å². The Bertz CT molecular complexity index is 1190. The maximum absolute atomic E-state index is 9.95. The molecule has 0 bridgehead atoms. The minimum Gasteiger partial charge on any atom is -0.423 e. The summed E-state index contributed by atoms with van der Waals surface area (Å²) in [6.07, 6.45) is 5.96. The molecule has 0 saturated heterocycles. The topological polar surface area (TPSA) is 40.5 Å². The van der Waals surface area contributed by atoms with Gasteiger partial charge in [-0.3, -0.25) is 0 Å². The minimum atomic E-state index is -1.53. The first-order valence-corrected chi connectivity index (χ1v) is 8.68. The number of fused-ring (bicyclic) bond motifs is 5. The third kappa shape index (κ3) is 2.37. The molecule has 4 aromatic carbocycles. The molecule has 0 aliphatic rings. The van der Waals surface area contributed by atoms with Gasteiger partial charge in [0, 0.05) is 0 Å². The fourth-order valence-corrected chi connectivity index (χ4v) is 3.91. The number of allylic oxidation sites excluding steroid dienone is 1. The van der Waals surface area contributed by atoms with Gasteiger partial charge >= 0.3 is 7.12 Å². The molecule has 4 aromatic rings. The Hall–Kier alpha value is -2.88. The molecule has 4 rings (SSSR count). The minimum absolute atomic E-state index is 0.512. The summed E-state index contributed by atoms with van der Waals surface area (Å²) in [4.78, 5) is 0. The van der Waals surface area contributed by atoms with Crippen molar-refractivity contribution in [3.63, 3.8) is 0 Å². The van der Waals surface area contributed by atoms with Crippen molar-refractivity contribution < 1.29 is 10.0 Å². The molecule has 0 amide bonds. The van der Waals surface area contributed by atoms with Gasteiger partial charge < -0.3 is 10.0 Å². The molecule has 0 aliphatic carbocycles. The van der Waals surface area contributed by atoms with Crippen LogP contribution < -0.4 is 5.46 Å². The van der Waals surface area contributed by atoms with Crippen molar-refractivity contribution >= 4 is 57.1 Å². The summed E-state index contributed by atoms with van der Waals surface area (Å²) >= 11 is 0. The number of hydrogen-bond donors (Lipinski definition) is 2. The summed E-state index contributed by atoms with van der Waals surface area (Å²) in [5, 5.41) is 26.2. The Balaban J connectivity index is 2.39. The van der Waals surface area contributed by atoms with Gasteiger partial charge in [0.05, 0.1) is 0 Å². The van der Waals surface area contributed by atoms with E-state index in [9.17, 15) is 10.0 Å². The quantitative estimate of drug-likeness (QED) is 0.426. The van der Waals surface area contributed by atoms with E-state index in [2.05, 4.69) is 24.8 Å². The molecule has 26 heavy (non-hydrogen) atoms. The lowest BCUT2D eigenvalue weighted by Crippen LogP contribution is -2.30. The smallest absolute Gasteiger partial charge is 0.423 e. The van der Waals surface area contributed by atoms with Crippen LogP contribution in [-0.2, 0) is 0 Å². The zero-order valence-electron chi connectivity index (χ0n) is 14.6. The van der Waals surface area contributed by atoms with E-state index >= 15 is 0 Å². The molecule has 0 saturated carbocycles. The number of rotatable bonds is 3. The zero-order valence-corrected chi connectivity index (χ0v) is 14.6. The molecule has 0 unspecified atom stereocenters. The Morgan fingerprint density at radius 2 is 1.38 bits per heavy atom. The van der Waals surface area contributed by atoms with Crippen LogP contribution in [0.25, 0.3) is 44.5 Å². The van der Waals surface area contributed by atoms with E-state index in [1.807, 2.05) is 61.5 Å². The van der Waals surface area contributed by atoms with Crippen molar-refractivity contribution in [2.45, 2.75) is 6.92 Å². The summed E-state index contributed by atoms with van der Waals surface area (Å²) in [6, 6.07) is 18.1. The average Bonchev–Trinajstić information content (AvgIpc) is 2.67. The van der Waals surface area contributed by atoms with Crippen LogP contribution in [0.2, 0.25) is 0 Å². The highest BCUT2D eigenvalue weighted by Crippen LogP contribution is 2.38. The lowest BCUT2D eigenvalue weighted by Gasteiger charge is -2.17. The monoisotopic (exact) mass is 338 g/mol. The highest BCUT2D eigenvalue weighted by molar-refractivity contribution is 6.63. The van der Waals surface area contributed by atoms with Gasteiger partial charge in [0.25, 0.3) is 0 Å². The van der Waals surface area contributed by atoms with Crippen LogP contribution in [0.15, 0.2) is 67.3 Å². The van der Waals surface area contributed by atoms with Crippen LogP contribution in [0.3, 0.4) is 0 Å². The standard InChI is InChI=1S/C23H19BO2/c1-3-9-16-15(4-2)21-14-22(24(25)26)18-11-6-8-13-20(18)23(21)19-12-7-5-10-17(16)19/h3-14,25-26H,2H2,1H3/b9-3-. The Morgan fingerprint density at radius 1 is 0.808 bits per heavy atom. The second-order valence-electron chi connectivity index (χ2n) is 6.38. The fourth-order valence-electron chi connectivity index (χ4n) is 3.91.